The van der Waals surface area contributed by atoms with Crippen LogP contribution in [0.3, 0.4) is 0 Å². The summed E-state index contributed by atoms with van der Waals surface area (Å²) in [7, 11) is 0. The van der Waals surface area contributed by atoms with Crippen LogP contribution in [-0.2, 0) is 11.2 Å². The smallest absolute Gasteiger partial charge is 0.307 e. The van der Waals surface area contributed by atoms with E-state index >= 15 is 0 Å². The minimum absolute atomic E-state index is 0.137. The number of hydrogen-bond acceptors (Lipinski definition) is 2. The maximum Gasteiger partial charge on any atom is 0.307 e. The molecule has 0 saturated heterocycles. The van der Waals surface area contributed by atoms with Crippen molar-refractivity contribution in [1.29, 1.82) is 0 Å². The normalized spacial score (nSPS) is 24.9. The number of carboxylic acids is 1. The van der Waals surface area contributed by atoms with Gasteiger partial charge in [0, 0.05) is 4.47 Å². The van der Waals surface area contributed by atoms with Gasteiger partial charge < -0.3 is 10.2 Å². The molecule has 3 atom stereocenters. The topological polar surface area (TPSA) is 57.5 Å². The van der Waals surface area contributed by atoms with Gasteiger partial charge in [-0.05, 0) is 36.8 Å². The Labute approximate surface area is 128 Å². The average Bonchev–Trinajstić information content (AvgIpc) is 2.62. The van der Waals surface area contributed by atoms with E-state index in [1.807, 2.05) is 24.3 Å². The van der Waals surface area contributed by atoms with Crippen molar-refractivity contribution >= 4 is 21.9 Å². The van der Waals surface area contributed by atoms with Crippen LogP contribution in [-0.4, -0.2) is 22.3 Å². The fourth-order valence-electron chi connectivity index (χ4n) is 3.11. The number of benzene rings is 1. The molecule has 3 nitrogen and oxygen atoms in total. The predicted molar refractivity (Wildman–Crippen MR) is 81.6 cm³/mol. The van der Waals surface area contributed by atoms with Gasteiger partial charge >= 0.3 is 5.97 Å². The van der Waals surface area contributed by atoms with Crippen LogP contribution in [0.25, 0.3) is 0 Å². The van der Waals surface area contributed by atoms with Crippen LogP contribution in [0.5, 0.6) is 0 Å². The molecule has 1 aromatic carbocycles. The summed E-state index contributed by atoms with van der Waals surface area (Å²) in [6, 6.07) is 7.72. The van der Waals surface area contributed by atoms with Crippen molar-refractivity contribution in [3.05, 3.63) is 34.3 Å². The van der Waals surface area contributed by atoms with Crippen molar-refractivity contribution in [2.24, 2.45) is 11.8 Å². The monoisotopic (exact) mass is 340 g/mol. The minimum Gasteiger partial charge on any atom is -0.481 e. The van der Waals surface area contributed by atoms with Crippen LogP contribution in [0, 0.1) is 11.8 Å². The van der Waals surface area contributed by atoms with E-state index in [0.29, 0.717) is 6.42 Å². The molecule has 0 spiro atoms. The summed E-state index contributed by atoms with van der Waals surface area (Å²) in [5.41, 5.74) is 0.997. The SMILES string of the molecule is O=C(O)C(Cc1ccccc1Br)C1CCCCCC1O. The molecule has 1 fully saturated rings. The molecule has 0 heterocycles. The Kier molecular flexibility index (Phi) is 5.61. The second-order valence-corrected chi connectivity index (χ2v) is 6.46. The molecule has 110 valence electrons. The van der Waals surface area contributed by atoms with E-state index < -0.39 is 18.0 Å². The summed E-state index contributed by atoms with van der Waals surface area (Å²) in [4.78, 5) is 11.6. The van der Waals surface area contributed by atoms with E-state index in [-0.39, 0.29) is 5.92 Å². The minimum atomic E-state index is -0.799. The summed E-state index contributed by atoms with van der Waals surface area (Å²) < 4.78 is 0.939. The lowest BCUT2D eigenvalue weighted by atomic mass is 9.80. The highest BCUT2D eigenvalue weighted by atomic mass is 79.9. The second kappa shape index (κ2) is 7.23. The van der Waals surface area contributed by atoms with Crippen LogP contribution < -0.4 is 0 Å². The summed E-state index contributed by atoms with van der Waals surface area (Å²) in [5, 5.41) is 19.8. The first kappa shape index (κ1) is 15.5. The third-order valence-corrected chi connectivity index (χ3v) is 5.04. The van der Waals surface area contributed by atoms with Crippen molar-refractivity contribution in [1.82, 2.24) is 0 Å². The molecule has 1 aliphatic rings. The lowest BCUT2D eigenvalue weighted by Crippen LogP contribution is -2.33. The molecule has 1 aromatic rings. The third kappa shape index (κ3) is 3.83. The number of aliphatic hydroxyl groups excluding tert-OH is 1. The largest absolute Gasteiger partial charge is 0.481 e. The molecule has 0 bridgehead atoms. The molecular formula is C16H21BrO3. The van der Waals surface area contributed by atoms with E-state index in [2.05, 4.69) is 15.9 Å². The Bertz CT molecular complexity index is 461. The Morgan fingerprint density at radius 2 is 1.95 bits per heavy atom. The molecule has 0 amide bonds. The molecule has 0 aliphatic heterocycles. The summed E-state index contributed by atoms with van der Waals surface area (Å²) in [6.07, 6.45) is 4.63. The number of halogens is 1. The van der Waals surface area contributed by atoms with Gasteiger partial charge in [0.15, 0.2) is 0 Å². The predicted octanol–water partition coefficient (Wildman–Crippen LogP) is 3.63. The highest BCUT2D eigenvalue weighted by Gasteiger charge is 2.34. The van der Waals surface area contributed by atoms with Gasteiger partial charge in [0.25, 0.3) is 0 Å². The van der Waals surface area contributed by atoms with Gasteiger partial charge in [-0.15, -0.1) is 0 Å². The summed E-state index contributed by atoms with van der Waals surface area (Å²) >= 11 is 3.47. The van der Waals surface area contributed by atoms with Gasteiger partial charge in [0.05, 0.1) is 12.0 Å². The Balaban J connectivity index is 2.18. The lowest BCUT2D eigenvalue weighted by molar-refractivity contribution is -0.145. The number of carboxylic acid groups (broad SMARTS) is 1. The zero-order valence-electron chi connectivity index (χ0n) is 11.5. The molecule has 4 heteroatoms. The van der Waals surface area contributed by atoms with Crippen LogP contribution in [0.2, 0.25) is 0 Å². The quantitative estimate of drug-likeness (QED) is 0.822. The van der Waals surface area contributed by atoms with Gasteiger partial charge in [-0.2, -0.15) is 0 Å². The zero-order valence-corrected chi connectivity index (χ0v) is 13.1. The maximum absolute atomic E-state index is 11.6. The van der Waals surface area contributed by atoms with Gasteiger partial charge in [0.2, 0.25) is 0 Å². The number of rotatable bonds is 4. The molecule has 1 saturated carbocycles. The Morgan fingerprint density at radius 1 is 1.25 bits per heavy atom. The first-order chi connectivity index (χ1) is 9.59. The first-order valence-corrected chi connectivity index (χ1v) is 8.03. The first-order valence-electron chi connectivity index (χ1n) is 7.24. The molecule has 2 N–H and O–H groups in total. The van der Waals surface area contributed by atoms with Gasteiger partial charge in [-0.25, -0.2) is 0 Å². The Hall–Kier alpha value is -0.870. The molecule has 20 heavy (non-hydrogen) atoms. The van der Waals surface area contributed by atoms with Crippen molar-refractivity contribution < 1.29 is 15.0 Å². The fraction of sp³-hybridized carbons (Fsp3) is 0.562. The number of hydrogen-bond donors (Lipinski definition) is 2. The van der Waals surface area contributed by atoms with E-state index in [9.17, 15) is 15.0 Å². The molecule has 3 unspecified atom stereocenters. The summed E-state index contributed by atoms with van der Waals surface area (Å²) in [6.45, 7) is 0. The van der Waals surface area contributed by atoms with Gasteiger partial charge in [-0.1, -0.05) is 53.4 Å². The highest BCUT2D eigenvalue weighted by Crippen LogP contribution is 2.33. The van der Waals surface area contributed by atoms with Crippen molar-refractivity contribution in [3.8, 4) is 0 Å². The van der Waals surface area contributed by atoms with Crippen molar-refractivity contribution in [2.45, 2.75) is 44.6 Å². The molecule has 0 radical (unpaired) electrons. The lowest BCUT2D eigenvalue weighted by Gasteiger charge is -2.27. The number of carbonyl (C=O) groups is 1. The molecule has 2 rings (SSSR count). The van der Waals surface area contributed by atoms with E-state index in [4.69, 9.17) is 0 Å². The number of aliphatic carboxylic acids is 1. The summed E-state index contributed by atoms with van der Waals surface area (Å²) in [5.74, 6) is -1.45. The fourth-order valence-corrected chi connectivity index (χ4v) is 3.56. The van der Waals surface area contributed by atoms with Crippen LogP contribution in [0.15, 0.2) is 28.7 Å². The van der Waals surface area contributed by atoms with Crippen LogP contribution >= 0.6 is 15.9 Å². The van der Waals surface area contributed by atoms with Gasteiger partial charge in [0.1, 0.15) is 0 Å². The highest BCUT2D eigenvalue weighted by molar-refractivity contribution is 9.10. The third-order valence-electron chi connectivity index (χ3n) is 4.26. The molecule has 1 aliphatic carbocycles. The van der Waals surface area contributed by atoms with E-state index in [0.717, 1.165) is 42.1 Å². The molecular weight excluding hydrogens is 320 g/mol. The van der Waals surface area contributed by atoms with Gasteiger partial charge in [-0.3, -0.25) is 4.79 Å². The van der Waals surface area contributed by atoms with Crippen molar-refractivity contribution in [2.75, 3.05) is 0 Å². The maximum atomic E-state index is 11.6. The van der Waals surface area contributed by atoms with E-state index in [1.54, 1.807) is 0 Å². The zero-order chi connectivity index (χ0) is 14.5. The van der Waals surface area contributed by atoms with Crippen LogP contribution in [0.1, 0.15) is 37.7 Å². The standard InChI is InChI=1S/C16H21BrO3/c17-14-8-5-4-6-11(14)10-13(16(19)20)12-7-2-1-3-9-15(12)18/h4-6,8,12-13,15,18H,1-3,7,9-10H2,(H,19,20). The Morgan fingerprint density at radius 3 is 2.65 bits per heavy atom. The number of aliphatic hydroxyl groups is 1. The van der Waals surface area contributed by atoms with Crippen molar-refractivity contribution in [3.63, 3.8) is 0 Å². The van der Waals surface area contributed by atoms with E-state index in [1.165, 1.54) is 0 Å². The molecule has 0 aromatic heterocycles. The average molecular weight is 341 g/mol. The second-order valence-electron chi connectivity index (χ2n) is 5.61. The van der Waals surface area contributed by atoms with Crippen LogP contribution in [0.4, 0.5) is 0 Å².